The molecule has 12 nitrogen and oxygen atoms in total. The van der Waals surface area contributed by atoms with E-state index < -0.39 is 5.60 Å². The van der Waals surface area contributed by atoms with Crippen LogP contribution in [0.4, 0.5) is 22.2 Å². The number of morpholine rings is 2. The molecule has 1 N–H and O–H groups in total. The van der Waals surface area contributed by atoms with Crippen molar-refractivity contribution >= 4 is 40.4 Å². The molecule has 1 aliphatic carbocycles. The molecule has 0 radical (unpaired) electrons. The lowest BCUT2D eigenvalue weighted by Gasteiger charge is -2.46. The van der Waals surface area contributed by atoms with Gasteiger partial charge in [0.1, 0.15) is 17.1 Å². The molecule has 3 aromatic rings. The van der Waals surface area contributed by atoms with Crippen LogP contribution in [0.25, 0.3) is 11.0 Å². The molecule has 3 aromatic heterocycles. The first-order valence-corrected chi connectivity index (χ1v) is 15.0. The molecule has 6 rings (SSSR count). The highest BCUT2D eigenvalue weighted by molar-refractivity contribution is 5.99. The lowest BCUT2D eigenvalue weighted by molar-refractivity contribution is -0.0949. The number of hydrogen-bond acceptors (Lipinski definition) is 10. The number of carbonyl (C=O) groups is 2. The van der Waals surface area contributed by atoms with E-state index in [0.717, 1.165) is 31.4 Å². The Labute approximate surface area is 250 Å². The Morgan fingerprint density at radius 2 is 1.72 bits per heavy atom. The molecule has 3 aliphatic rings. The number of ether oxygens (including phenoxy) is 2. The maximum Gasteiger partial charge on any atom is 0.410 e. The van der Waals surface area contributed by atoms with Crippen LogP contribution < -0.4 is 15.8 Å². The zero-order chi connectivity index (χ0) is 30.5. The van der Waals surface area contributed by atoms with E-state index in [1.807, 2.05) is 32.9 Å². The van der Waals surface area contributed by atoms with Gasteiger partial charge in [-0.3, -0.25) is 14.2 Å². The van der Waals surface area contributed by atoms with Crippen molar-refractivity contribution in [1.82, 2.24) is 24.4 Å². The van der Waals surface area contributed by atoms with Crippen LogP contribution in [0.2, 0.25) is 0 Å². The first-order valence-electron chi connectivity index (χ1n) is 15.0. The largest absolute Gasteiger partial charge is 0.444 e. The lowest BCUT2D eigenvalue weighted by Crippen LogP contribution is -2.61. The summed E-state index contributed by atoms with van der Waals surface area (Å²) in [5, 5.41) is 3.88. The summed E-state index contributed by atoms with van der Waals surface area (Å²) >= 11 is 0. The van der Waals surface area contributed by atoms with E-state index in [1.165, 1.54) is 6.92 Å². The average molecular weight is 590 g/mol. The van der Waals surface area contributed by atoms with E-state index in [2.05, 4.69) is 20.2 Å². The van der Waals surface area contributed by atoms with Gasteiger partial charge in [-0.25, -0.2) is 14.8 Å². The summed E-state index contributed by atoms with van der Waals surface area (Å²) in [5.74, 6) is 0.656. The lowest BCUT2D eigenvalue weighted by atomic mass is 10.0. The Hall–Kier alpha value is -4.06. The number of rotatable bonds is 5. The topological polar surface area (TPSA) is 132 Å². The molecule has 2 bridgehead atoms. The molecule has 228 valence electrons. The maximum absolute atomic E-state index is 13.5. The minimum atomic E-state index is -0.538. The summed E-state index contributed by atoms with van der Waals surface area (Å²) in [6.45, 7) is 11.1. The number of pyridine rings is 2. The maximum atomic E-state index is 13.5. The SMILES string of the molecule is CC(=O)c1c(C)c2cnc(Nc3ccc(N4CC5CN(C(=O)OC(C)(C)C)CC(C4)O5)cn3)nc2n(C2CCCC2)c1=O. The second kappa shape index (κ2) is 11.2. The molecule has 3 fully saturated rings. The van der Waals surface area contributed by atoms with Crippen LogP contribution in [0, 0.1) is 6.92 Å². The second-order valence-corrected chi connectivity index (χ2v) is 12.8. The summed E-state index contributed by atoms with van der Waals surface area (Å²) in [5.41, 5.74) is 1.50. The van der Waals surface area contributed by atoms with Gasteiger partial charge in [0.05, 0.1) is 42.7 Å². The number of aromatic nitrogens is 4. The predicted octanol–water partition coefficient (Wildman–Crippen LogP) is 4.38. The van der Waals surface area contributed by atoms with Crippen molar-refractivity contribution in [3.63, 3.8) is 0 Å². The van der Waals surface area contributed by atoms with Gasteiger partial charge in [0, 0.05) is 30.7 Å². The van der Waals surface area contributed by atoms with Crippen LogP contribution in [0.5, 0.6) is 0 Å². The molecule has 2 aliphatic heterocycles. The van der Waals surface area contributed by atoms with Crippen molar-refractivity contribution in [2.45, 2.75) is 84.2 Å². The molecular weight excluding hydrogens is 550 g/mol. The number of hydrogen-bond donors (Lipinski definition) is 1. The van der Waals surface area contributed by atoms with Gasteiger partial charge in [0.25, 0.3) is 5.56 Å². The van der Waals surface area contributed by atoms with Crippen LogP contribution in [0.3, 0.4) is 0 Å². The highest BCUT2D eigenvalue weighted by atomic mass is 16.6. The molecule has 1 saturated carbocycles. The molecule has 1 amide bonds. The second-order valence-electron chi connectivity index (χ2n) is 12.8. The number of amides is 1. The smallest absolute Gasteiger partial charge is 0.410 e. The fourth-order valence-electron chi connectivity index (χ4n) is 6.45. The molecule has 43 heavy (non-hydrogen) atoms. The summed E-state index contributed by atoms with van der Waals surface area (Å²) in [4.78, 5) is 56.3. The first kappa shape index (κ1) is 29.0. The van der Waals surface area contributed by atoms with Crippen molar-refractivity contribution in [2.75, 3.05) is 36.4 Å². The summed E-state index contributed by atoms with van der Waals surface area (Å²) in [7, 11) is 0. The fourth-order valence-corrected chi connectivity index (χ4v) is 6.45. The Morgan fingerprint density at radius 3 is 2.33 bits per heavy atom. The van der Waals surface area contributed by atoms with Gasteiger partial charge >= 0.3 is 6.09 Å². The molecule has 5 heterocycles. The van der Waals surface area contributed by atoms with Crippen LogP contribution >= 0.6 is 0 Å². The highest BCUT2D eigenvalue weighted by Crippen LogP contribution is 2.32. The third-order valence-electron chi connectivity index (χ3n) is 8.34. The van der Waals surface area contributed by atoms with Gasteiger partial charge in [-0.05, 0) is 65.2 Å². The van der Waals surface area contributed by atoms with Crippen LogP contribution in [-0.2, 0) is 9.47 Å². The van der Waals surface area contributed by atoms with Gasteiger partial charge in [-0.15, -0.1) is 0 Å². The predicted molar refractivity (Wildman–Crippen MR) is 162 cm³/mol. The minimum absolute atomic E-state index is 0.0121. The number of nitrogens with zero attached hydrogens (tertiary/aromatic N) is 6. The van der Waals surface area contributed by atoms with E-state index in [1.54, 1.807) is 28.8 Å². The number of anilines is 3. The average Bonchev–Trinajstić information content (AvgIpc) is 3.46. The van der Waals surface area contributed by atoms with Crippen molar-refractivity contribution in [3.05, 3.63) is 46.0 Å². The Morgan fingerprint density at radius 1 is 1.02 bits per heavy atom. The number of nitrogens with one attached hydrogen (secondary N) is 1. The molecular formula is C31H39N7O5. The number of Topliss-reactive ketones (excluding diaryl/α,β-unsaturated/α-hetero) is 1. The van der Waals surface area contributed by atoms with E-state index >= 15 is 0 Å². The Bertz CT molecular complexity index is 1590. The monoisotopic (exact) mass is 589 g/mol. The van der Waals surface area contributed by atoms with Crippen LogP contribution in [0.15, 0.2) is 29.3 Å². The minimum Gasteiger partial charge on any atom is -0.444 e. The first-order chi connectivity index (χ1) is 20.5. The number of fused-ring (bicyclic) bond motifs is 3. The quantitative estimate of drug-likeness (QED) is 0.428. The van der Waals surface area contributed by atoms with Crippen molar-refractivity contribution in [3.8, 4) is 0 Å². The van der Waals surface area contributed by atoms with Crippen molar-refractivity contribution in [1.29, 1.82) is 0 Å². The number of aryl methyl sites for hydroxylation is 1. The number of carbonyl (C=O) groups excluding carboxylic acids is 2. The normalized spacial score (nSPS) is 20.9. The summed E-state index contributed by atoms with van der Waals surface area (Å²) in [6, 6.07) is 3.87. The summed E-state index contributed by atoms with van der Waals surface area (Å²) in [6.07, 6.45) is 6.79. The Balaban J connectivity index is 1.19. The van der Waals surface area contributed by atoms with Crippen molar-refractivity contribution in [2.24, 2.45) is 0 Å². The molecule has 2 saturated heterocycles. The third-order valence-corrected chi connectivity index (χ3v) is 8.34. The van der Waals surface area contributed by atoms with Gasteiger partial charge in [-0.1, -0.05) is 12.8 Å². The zero-order valence-corrected chi connectivity index (χ0v) is 25.4. The molecule has 0 spiro atoms. The standard InChI is InChI=1S/C31H39N7O5/c1-18-24-13-33-29(35-27(24)38(20-8-6-7-9-20)28(40)26(18)19(2)39)34-25-11-10-21(12-32-25)36-14-22-16-37(17-23(15-36)42-22)30(41)43-31(3,4)5/h10-13,20,22-23H,6-9,14-17H2,1-5H3,(H,32,33,34,35). The van der Waals surface area contributed by atoms with Crippen molar-refractivity contribution < 1.29 is 19.1 Å². The molecule has 12 heteroatoms. The van der Waals surface area contributed by atoms with Crippen LogP contribution in [-0.4, -0.2) is 80.3 Å². The highest BCUT2D eigenvalue weighted by Gasteiger charge is 2.38. The molecule has 2 unspecified atom stereocenters. The van der Waals surface area contributed by atoms with E-state index in [9.17, 15) is 14.4 Å². The third kappa shape index (κ3) is 5.93. The molecule has 0 aromatic carbocycles. The van der Waals surface area contributed by atoms with E-state index in [4.69, 9.17) is 14.5 Å². The van der Waals surface area contributed by atoms with E-state index in [0.29, 0.717) is 54.5 Å². The van der Waals surface area contributed by atoms with Crippen LogP contribution in [0.1, 0.15) is 75.3 Å². The van der Waals surface area contributed by atoms with Gasteiger partial charge < -0.3 is 24.6 Å². The summed E-state index contributed by atoms with van der Waals surface area (Å²) < 4.78 is 13.4. The van der Waals surface area contributed by atoms with E-state index in [-0.39, 0.29) is 41.2 Å². The fraction of sp³-hybridized carbons (Fsp3) is 0.548. The Kier molecular flexibility index (Phi) is 7.57. The van der Waals surface area contributed by atoms with Gasteiger partial charge in [0.15, 0.2) is 5.78 Å². The molecule has 2 atom stereocenters. The van der Waals surface area contributed by atoms with Gasteiger partial charge in [-0.2, -0.15) is 4.98 Å². The van der Waals surface area contributed by atoms with Gasteiger partial charge in [0.2, 0.25) is 5.95 Å². The number of ketones is 1. The zero-order valence-electron chi connectivity index (χ0n) is 25.4.